The Morgan fingerprint density at radius 3 is 2.51 bits per heavy atom. The molecule has 1 N–H and O–H groups in total. The lowest BCUT2D eigenvalue weighted by atomic mass is 10.1. The number of hydrogen-bond acceptors (Lipinski definition) is 6. The second kappa shape index (κ2) is 12.3. The fraction of sp³-hybridized carbons (Fsp3) is 0.179. The molecule has 1 saturated heterocycles. The average Bonchev–Trinajstić information content (AvgIpc) is 3.17. The zero-order chi connectivity index (χ0) is 26.4. The first-order chi connectivity index (χ1) is 17.9. The minimum atomic E-state index is -0.352. The second-order valence-corrected chi connectivity index (χ2v) is 10.1. The van der Waals surface area contributed by atoms with Gasteiger partial charge >= 0.3 is 0 Å². The Labute approximate surface area is 230 Å². The predicted octanol–water partition coefficient (Wildman–Crippen LogP) is 6.72. The van der Waals surface area contributed by atoms with Crippen LogP contribution in [-0.4, -0.2) is 29.3 Å². The molecule has 0 aliphatic carbocycles. The number of thioether (sulfide) groups is 1. The summed E-state index contributed by atoms with van der Waals surface area (Å²) in [7, 11) is 0. The summed E-state index contributed by atoms with van der Waals surface area (Å²) in [5.74, 6) is 0.355. The standard InChI is InChI=1S/C28H25ClN2O4S2/c1-3-18-9-12-20(13-10-18)31-27(33)25(37-28(31)36)16-19-11-14-23(24(15-19)34-4-2)35-17-26(32)30-22-8-6-5-7-21(22)29/h5-16H,3-4,17H2,1-2H3,(H,30,32)/b25-16-. The normalized spacial score (nSPS) is 14.2. The van der Waals surface area contributed by atoms with Gasteiger partial charge in [-0.1, -0.05) is 72.8 Å². The van der Waals surface area contributed by atoms with Gasteiger partial charge < -0.3 is 14.8 Å². The summed E-state index contributed by atoms with van der Waals surface area (Å²) >= 11 is 12.8. The van der Waals surface area contributed by atoms with Gasteiger partial charge in [-0.25, -0.2) is 0 Å². The van der Waals surface area contributed by atoms with Crippen molar-refractivity contribution in [2.75, 3.05) is 23.4 Å². The molecule has 0 spiro atoms. The lowest BCUT2D eigenvalue weighted by Crippen LogP contribution is -2.27. The summed E-state index contributed by atoms with van der Waals surface area (Å²) in [5.41, 5.74) is 3.20. The Balaban J connectivity index is 1.47. The number of halogens is 1. The van der Waals surface area contributed by atoms with Gasteiger partial charge in [0.25, 0.3) is 11.8 Å². The minimum absolute atomic E-state index is 0.172. The number of anilines is 2. The molecule has 4 rings (SSSR count). The van der Waals surface area contributed by atoms with Gasteiger partial charge in [-0.05, 0) is 66.9 Å². The molecule has 0 atom stereocenters. The Bertz CT molecular complexity index is 1360. The van der Waals surface area contributed by atoms with E-state index in [2.05, 4.69) is 12.2 Å². The smallest absolute Gasteiger partial charge is 0.270 e. The van der Waals surface area contributed by atoms with E-state index in [9.17, 15) is 9.59 Å². The van der Waals surface area contributed by atoms with Gasteiger partial charge in [0.15, 0.2) is 22.4 Å². The Morgan fingerprint density at radius 2 is 1.81 bits per heavy atom. The molecule has 1 fully saturated rings. The van der Waals surface area contributed by atoms with Crippen LogP contribution >= 0.6 is 35.6 Å². The van der Waals surface area contributed by atoms with Crippen LogP contribution in [0.4, 0.5) is 11.4 Å². The number of carbonyl (C=O) groups is 2. The van der Waals surface area contributed by atoms with E-state index in [0.29, 0.717) is 38.0 Å². The van der Waals surface area contributed by atoms with E-state index in [1.807, 2.05) is 31.2 Å². The molecule has 2 amide bonds. The van der Waals surface area contributed by atoms with Crippen molar-refractivity contribution in [3.8, 4) is 11.5 Å². The molecule has 37 heavy (non-hydrogen) atoms. The Kier molecular flexibility index (Phi) is 8.87. The number of para-hydroxylation sites is 1. The number of nitrogens with zero attached hydrogens (tertiary/aromatic N) is 1. The molecule has 1 aliphatic rings. The van der Waals surface area contributed by atoms with E-state index in [1.54, 1.807) is 53.4 Å². The number of rotatable bonds is 9. The van der Waals surface area contributed by atoms with Gasteiger partial charge in [0.1, 0.15) is 0 Å². The van der Waals surface area contributed by atoms with Crippen molar-refractivity contribution < 1.29 is 19.1 Å². The first-order valence-corrected chi connectivity index (χ1v) is 13.3. The lowest BCUT2D eigenvalue weighted by molar-refractivity contribution is -0.118. The third-order valence-electron chi connectivity index (χ3n) is 5.47. The molecule has 3 aromatic rings. The minimum Gasteiger partial charge on any atom is -0.490 e. The fourth-order valence-electron chi connectivity index (χ4n) is 3.62. The molecule has 6 nitrogen and oxygen atoms in total. The summed E-state index contributed by atoms with van der Waals surface area (Å²) in [6, 6.07) is 20.1. The molecule has 0 unspecified atom stereocenters. The third-order valence-corrected chi connectivity index (χ3v) is 7.10. The van der Waals surface area contributed by atoms with Crippen LogP contribution in [-0.2, 0) is 16.0 Å². The van der Waals surface area contributed by atoms with Gasteiger partial charge in [-0.3, -0.25) is 14.5 Å². The van der Waals surface area contributed by atoms with E-state index in [4.69, 9.17) is 33.3 Å². The maximum Gasteiger partial charge on any atom is 0.270 e. The van der Waals surface area contributed by atoms with Gasteiger partial charge in [0.2, 0.25) is 0 Å². The highest BCUT2D eigenvalue weighted by molar-refractivity contribution is 8.27. The molecular formula is C28H25ClN2O4S2. The number of hydrogen-bond donors (Lipinski definition) is 1. The van der Waals surface area contributed by atoms with Gasteiger partial charge in [-0.15, -0.1) is 0 Å². The van der Waals surface area contributed by atoms with Crippen LogP contribution < -0.4 is 19.7 Å². The summed E-state index contributed by atoms with van der Waals surface area (Å²) in [6.07, 6.45) is 2.70. The van der Waals surface area contributed by atoms with E-state index >= 15 is 0 Å². The van der Waals surface area contributed by atoms with Crippen molar-refractivity contribution in [1.82, 2.24) is 0 Å². The first kappa shape index (κ1) is 26.7. The van der Waals surface area contributed by atoms with Crippen molar-refractivity contribution in [2.24, 2.45) is 0 Å². The number of aryl methyl sites for hydroxylation is 1. The molecule has 0 saturated carbocycles. The number of carbonyl (C=O) groups excluding carboxylic acids is 2. The van der Waals surface area contributed by atoms with Gasteiger partial charge in [0.05, 0.1) is 27.9 Å². The number of amides is 2. The second-order valence-electron chi connectivity index (χ2n) is 7.99. The molecule has 0 aromatic heterocycles. The van der Waals surface area contributed by atoms with Gasteiger partial charge in [-0.2, -0.15) is 0 Å². The SMILES string of the molecule is CCOc1cc(/C=C2\SC(=S)N(c3ccc(CC)cc3)C2=O)ccc1OCC(=O)Nc1ccccc1Cl. The van der Waals surface area contributed by atoms with Crippen LogP contribution in [0.5, 0.6) is 11.5 Å². The monoisotopic (exact) mass is 552 g/mol. The van der Waals surface area contributed by atoms with Crippen LogP contribution in [0.2, 0.25) is 5.02 Å². The summed E-state index contributed by atoms with van der Waals surface area (Å²) < 4.78 is 11.9. The average molecular weight is 553 g/mol. The van der Waals surface area contributed by atoms with E-state index in [-0.39, 0.29) is 18.4 Å². The van der Waals surface area contributed by atoms with Crippen LogP contribution in [0.1, 0.15) is 25.0 Å². The summed E-state index contributed by atoms with van der Waals surface area (Å²) in [5, 5.41) is 3.16. The van der Waals surface area contributed by atoms with E-state index in [0.717, 1.165) is 17.7 Å². The zero-order valence-electron chi connectivity index (χ0n) is 20.3. The maximum atomic E-state index is 13.1. The fourth-order valence-corrected chi connectivity index (χ4v) is 5.10. The highest BCUT2D eigenvalue weighted by atomic mass is 35.5. The van der Waals surface area contributed by atoms with Crippen LogP contribution in [0, 0.1) is 0 Å². The van der Waals surface area contributed by atoms with Crippen molar-refractivity contribution >= 4 is 69.2 Å². The number of benzene rings is 3. The number of ether oxygens (including phenoxy) is 2. The van der Waals surface area contributed by atoms with Crippen LogP contribution in [0.15, 0.2) is 71.6 Å². The summed E-state index contributed by atoms with van der Waals surface area (Å²) in [4.78, 5) is 27.6. The maximum absolute atomic E-state index is 13.1. The highest BCUT2D eigenvalue weighted by Gasteiger charge is 2.33. The number of thiocarbonyl (C=S) groups is 1. The molecule has 1 aliphatic heterocycles. The van der Waals surface area contributed by atoms with Crippen LogP contribution in [0.25, 0.3) is 6.08 Å². The largest absolute Gasteiger partial charge is 0.490 e. The molecule has 0 radical (unpaired) electrons. The van der Waals surface area contributed by atoms with Crippen molar-refractivity contribution in [1.29, 1.82) is 0 Å². The van der Waals surface area contributed by atoms with Crippen molar-refractivity contribution in [3.63, 3.8) is 0 Å². The van der Waals surface area contributed by atoms with E-state index in [1.165, 1.54) is 17.3 Å². The molecule has 3 aromatic carbocycles. The first-order valence-electron chi connectivity index (χ1n) is 11.7. The predicted molar refractivity (Wildman–Crippen MR) is 155 cm³/mol. The summed E-state index contributed by atoms with van der Waals surface area (Å²) in [6.45, 7) is 4.12. The quantitative estimate of drug-likeness (QED) is 0.235. The molecule has 9 heteroatoms. The van der Waals surface area contributed by atoms with Crippen molar-refractivity contribution in [3.05, 3.63) is 87.8 Å². The highest BCUT2D eigenvalue weighted by Crippen LogP contribution is 2.37. The Morgan fingerprint density at radius 1 is 1.05 bits per heavy atom. The third kappa shape index (κ3) is 6.52. The van der Waals surface area contributed by atoms with E-state index < -0.39 is 0 Å². The lowest BCUT2D eigenvalue weighted by Gasteiger charge is -2.15. The topological polar surface area (TPSA) is 67.9 Å². The molecule has 190 valence electrons. The molecule has 1 heterocycles. The van der Waals surface area contributed by atoms with Gasteiger partial charge in [0, 0.05) is 0 Å². The molecular weight excluding hydrogens is 528 g/mol. The van der Waals surface area contributed by atoms with Crippen LogP contribution in [0.3, 0.4) is 0 Å². The van der Waals surface area contributed by atoms with Crippen molar-refractivity contribution in [2.45, 2.75) is 20.3 Å². The molecule has 0 bridgehead atoms. The Hall–Kier alpha value is -3.33. The number of nitrogens with one attached hydrogen (secondary N) is 1. The zero-order valence-corrected chi connectivity index (χ0v) is 22.7.